The maximum absolute atomic E-state index is 5.83. The average molecular weight is 266 g/mol. The van der Waals surface area contributed by atoms with Gasteiger partial charge in [0.25, 0.3) is 0 Å². The Bertz CT molecular complexity index is 371. The molecule has 1 atom stereocenters. The van der Waals surface area contributed by atoms with Gasteiger partial charge in [-0.15, -0.1) is 0 Å². The van der Waals surface area contributed by atoms with E-state index in [1.54, 1.807) is 0 Å². The largest absolute Gasteiger partial charge is 0.377 e. The first-order chi connectivity index (χ1) is 9.19. The van der Waals surface area contributed by atoms with Gasteiger partial charge in [0.2, 0.25) is 0 Å². The molecule has 1 aliphatic heterocycles. The molecule has 0 aromatic carbocycles. The second-order valence-electron chi connectivity index (χ2n) is 5.56. The van der Waals surface area contributed by atoms with E-state index in [0.717, 1.165) is 37.8 Å². The smallest absolute Gasteiger partial charge is 0.150 e. The molecule has 0 saturated carbocycles. The first-order valence-corrected chi connectivity index (χ1v) is 7.44. The van der Waals surface area contributed by atoms with Gasteiger partial charge < -0.3 is 4.74 Å². The van der Waals surface area contributed by atoms with Crippen molar-refractivity contribution in [3.05, 3.63) is 11.6 Å². The van der Waals surface area contributed by atoms with Gasteiger partial charge in [-0.2, -0.15) is 5.10 Å². The summed E-state index contributed by atoms with van der Waals surface area (Å²) >= 11 is 0. The Balaban J connectivity index is 1.91. The molecule has 1 aromatic heterocycles. The Morgan fingerprint density at radius 3 is 2.84 bits per heavy atom. The molecule has 1 fully saturated rings. The van der Waals surface area contributed by atoms with E-state index in [2.05, 4.69) is 40.9 Å². The normalized spacial score (nSPS) is 20.4. The maximum Gasteiger partial charge on any atom is 0.150 e. The quantitative estimate of drug-likeness (QED) is 0.857. The minimum Gasteiger partial charge on any atom is -0.377 e. The van der Waals surface area contributed by atoms with Crippen molar-refractivity contribution in [1.29, 1.82) is 0 Å². The fraction of sp³-hybridized carbons (Fsp3) is 0.857. The van der Waals surface area contributed by atoms with Crippen LogP contribution in [0.25, 0.3) is 0 Å². The second-order valence-corrected chi connectivity index (χ2v) is 5.56. The van der Waals surface area contributed by atoms with Crippen LogP contribution in [0.2, 0.25) is 0 Å². The number of hydrogen-bond acceptors (Lipinski definition) is 4. The third-order valence-corrected chi connectivity index (χ3v) is 3.69. The van der Waals surface area contributed by atoms with Crippen LogP contribution in [0.4, 0.5) is 0 Å². The van der Waals surface area contributed by atoms with Crippen molar-refractivity contribution in [3.63, 3.8) is 0 Å². The number of rotatable bonds is 6. The molecule has 1 N–H and O–H groups in total. The van der Waals surface area contributed by atoms with Crippen molar-refractivity contribution in [2.45, 2.75) is 65.1 Å². The molecule has 19 heavy (non-hydrogen) atoms. The van der Waals surface area contributed by atoms with Gasteiger partial charge in [0.1, 0.15) is 11.6 Å². The van der Waals surface area contributed by atoms with Gasteiger partial charge >= 0.3 is 0 Å². The predicted molar refractivity (Wildman–Crippen MR) is 74.9 cm³/mol. The zero-order valence-corrected chi connectivity index (χ0v) is 12.4. The topological polar surface area (TPSA) is 54.0 Å². The van der Waals surface area contributed by atoms with Crippen molar-refractivity contribution in [3.8, 4) is 0 Å². The lowest BCUT2D eigenvalue weighted by Crippen LogP contribution is -2.39. The number of ether oxygens (including phenoxy) is 1. The molecule has 0 aliphatic carbocycles. The molecular formula is C14H26N4O. The van der Waals surface area contributed by atoms with E-state index in [-0.39, 0.29) is 0 Å². The van der Waals surface area contributed by atoms with E-state index in [1.807, 2.05) is 0 Å². The van der Waals surface area contributed by atoms with Gasteiger partial charge in [-0.25, -0.2) is 4.98 Å². The Kier molecular flexibility index (Phi) is 5.34. The highest BCUT2D eigenvalue weighted by Crippen LogP contribution is 2.16. The number of nitrogens with one attached hydrogen (secondary N) is 1. The summed E-state index contributed by atoms with van der Waals surface area (Å²) in [5.41, 5.74) is 0. The van der Waals surface area contributed by atoms with E-state index in [0.29, 0.717) is 12.1 Å². The Hall–Kier alpha value is -0.940. The van der Waals surface area contributed by atoms with Gasteiger partial charge in [0, 0.05) is 25.6 Å². The standard InChI is InChI=1S/C14H26N4O/c1-4-13-15-14(17-16-13)10-18(11(2)3)9-12-7-5-6-8-19-12/h11-12H,4-10H2,1-3H3,(H,15,16,17)/t12-/m0/s1. The number of aryl methyl sites for hydroxylation is 1. The summed E-state index contributed by atoms with van der Waals surface area (Å²) in [7, 11) is 0. The fourth-order valence-corrected chi connectivity index (χ4v) is 2.43. The van der Waals surface area contributed by atoms with Crippen LogP contribution in [0.3, 0.4) is 0 Å². The van der Waals surface area contributed by atoms with E-state index >= 15 is 0 Å². The van der Waals surface area contributed by atoms with Gasteiger partial charge in [-0.1, -0.05) is 6.92 Å². The Labute approximate surface area is 115 Å². The monoisotopic (exact) mass is 266 g/mol. The molecule has 2 rings (SSSR count). The molecule has 108 valence electrons. The lowest BCUT2D eigenvalue weighted by molar-refractivity contribution is -0.0134. The lowest BCUT2D eigenvalue weighted by Gasteiger charge is -2.31. The lowest BCUT2D eigenvalue weighted by atomic mass is 10.1. The molecule has 0 bridgehead atoms. The van der Waals surface area contributed by atoms with Crippen molar-refractivity contribution < 1.29 is 4.74 Å². The highest BCUT2D eigenvalue weighted by Gasteiger charge is 2.20. The fourth-order valence-electron chi connectivity index (χ4n) is 2.43. The first kappa shape index (κ1) is 14.5. The summed E-state index contributed by atoms with van der Waals surface area (Å²) in [5, 5.41) is 7.24. The molecule has 0 spiro atoms. The molecule has 5 nitrogen and oxygen atoms in total. The van der Waals surface area contributed by atoms with Crippen molar-refractivity contribution in [1.82, 2.24) is 20.1 Å². The van der Waals surface area contributed by atoms with Crippen LogP contribution in [0.1, 0.15) is 51.7 Å². The number of nitrogens with zero attached hydrogens (tertiary/aromatic N) is 3. The summed E-state index contributed by atoms with van der Waals surface area (Å²) in [6.45, 7) is 9.24. The van der Waals surface area contributed by atoms with E-state index in [9.17, 15) is 0 Å². The van der Waals surface area contributed by atoms with E-state index in [1.165, 1.54) is 19.3 Å². The van der Waals surface area contributed by atoms with Crippen LogP contribution in [0, 0.1) is 0 Å². The molecular weight excluding hydrogens is 240 g/mol. The second kappa shape index (κ2) is 7.01. The zero-order valence-electron chi connectivity index (χ0n) is 12.4. The summed E-state index contributed by atoms with van der Waals surface area (Å²) in [6, 6.07) is 0.487. The highest BCUT2D eigenvalue weighted by molar-refractivity contribution is 4.90. The molecule has 2 heterocycles. The number of hydrogen-bond donors (Lipinski definition) is 1. The number of aromatic amines is 1. The van der Waals surface area contributed by atoms with Crippen molar-refractivity contribution in [2.24, 2.45) is 0 Å². The Morgan fingerprint density at radius 1 is 1.42 bits per heavy atom. The maximum atomic E-state index is 5.83. The van der Waals surface area contributed by atoms with Gasteiger partial charge in [0.05, 0.1) is 12.6 Å². The number of H-pyrrole nitrogens is 1. The molecule has 1 aliphatic rings. The SMILES string of the molecule is CCc1n[nH]c(CN(C[C@@H]2CCCCO2)C(C)C)n1. The Morgan fingerprint density at radius 2 is 2.26 bits per heavy atom. The molecule has 1 aromatic rings. The van der Waals surface area contributed by atoms with Crippen LogP contribution in [-0.4, -0.2) is 45.4 Å². The molecule has 5 heteroatoms. The minimum absolute atomic E-state index is 0.379. The number of aromatic nitrogens is 3. The van der Waals surface area contributed by atoms with E-state index < -0.39 is 0 Å². The zero-order chi connectivity index (χ0) is 13.7. The van der Waals surface area contributed by atoms with E-state index in [4.69, 9.17) is 4.74 Å². The molecule has 1 saturated heterocycles. The predicted octanol–water partition coefficient (Wildman–Crippen LogP) is 2.15. The summed E-state index contributed by atoms with van der Waals surface area (Å²) in [6.07, 6.45) is 4.94. The average Bonchev–Trinajstić information content (AvgIpc) is 2.87. The van der Waals surface area contributed by atoms with Gasteiger partial charge in [0.15, 0.2) is 0 Å². The van der Waals surface area contributed by atoms with Crippen LogP contribution in [0.15, 0.2) is 0 Å². The van der Waals surface area contributed by atoms with Crippen molar-refractivity contribution >= 4 is 0 Å². The van der Waals surface area contributed by atoms with Crippen LogP contribution in [0.5, 0.6) is 0 Å². The van der Waals surface area contributed by atoms with Crippen LogP contribution < -0.4 is 0 Å². The van der Waals surface area contributed by atoms with Crippen molar-refractivity contribution in [2.75, 3.05) is 13.2 Å². The van der Waals surface area contributed by atoms with Gasteiger partial charge in [-0.05, 0) is 33.1 Å². The highest BCUT2D eigenvalue weighted by atomic mass is 16.5. The summed E-state index contributed by atoms with van der Waals surface area (Å²) < 4.78 is 5.83. The third kappa shape index (κ3) is 4.28. The molecule has 0 unspecified atom stereocenters. The minimum atomic E-state index is 0.379. The summed E-state index contributed by atoms with van der Waals surface area (Å²) in [5.74, 6) is 1.86. The summed E-state index contributed by atoms with van der Waals surface area (Å²) in [4.78, 5) is 6.91. The molecule has 0 radical (unpaired) electrons. The first-order valence-electron chi connectivity index (χ1n) is 7.44. The molecule has 0 amide bonds. The third-order valence-electron chi connectivity index (χ3n) is 3.69. The van der Waals surface area contributed by atoms with Crippen LogP contribution >= 0.6 is 0 Å². The van der Waals surface area contributed by atoms with Gasteiger partial charge in [-0.3, -0.25) is 10.00 Å². The van der Waals surface area contributed by atoms with Crippen LogP contribution in [-0.2, 0) is 17.7 Å².